The van der Waals surface area contributed by atoms with Gasteiger partial charge in [0.2, 0.25) is 0 Å². The SMILES string of the molecule is CCOc1ccc(NC(=O)N2CCC3(CC2)Nc2cc(F)ccc2-n2cccc23)cc1. The minimum absolute atomic E-state index is 0.114. The Morgan fingerprint density at radius 2 is 1.94 bits per heavy atom. The van der Waals surface area contributed by atoms with Crippen LogP contribution in [0, 0.1) is 5.82 Å². The smallest absolute Gasteiger partial charge is 0.321 e. The predicted molar refractivity (Wildman–Crippen MR) is 118 cm³/mol. The Balaban J connectivity index is 1.29. The fourth-order valence-corrected chi connectivity index (χ4v) is 4.60. The van der Waals surface area contributed by atoms with Crippen LogP contribution in [0.25, 0.3) is 5.69 Å². The average molecular weight is 420 g/mol. The zero-order valence-corrected chi connectivity index (χ0v) is 17.4. The maximum absolute atomic E-state index is 13.9. The van der Waals surface area contributed by atoms with Crippen molar-refractivity contribution in [2.24, 2.45) is 0 Å². The highest BCUT2D eigenvalue weighted by Gasteiger charge is 2.42. The summed E-state index contributed by atoms with van der Waals surface area (Å²) in [6.07, 6.45) is 3.49. The zero-order valence-electron chi connectivity index (χ0n) is 17.4. The van der Waals surface area contributed by atoms with Crippen molar-refractivity contribution in [2.75, 3.05) is 30.3 Å². The molecule has 31 heavy (non-hydrogen) atoms. The first kappa shape index (κ1) is 19.5. The Bertz CT molecular complexity index is 1100. The predicted octanol–water partition coefficient (Wildman–Crippen LogP) is 4.96. The molecule has 0 atom stereocenters. The zero-order chi connectivity index (χ0) is 21.4. The summed E-state index contributed by atoms with van der Waals surface area (Å²) < 4.78 is 21.4. The van der Waals surface area contributed by atoms with Crippen LogP contribution < -0.4 is 15.4 Å². The Hall–Kier alpha value is -3.48. The van der Waals surface area contributed by atoms with E-state index >= 15 is 0 Å². The Kier molecular flexibility index (Phi) is 4.81. The van der Waals surface area contributed by atoms with Gasteiger partial charge >= 0.3 is 6.03 Å². The minimum Gasteiger partial charge on any atom is -0.494 e. The highest BCUT2D eigenvalue weighted by Crippen LogP contribution is 2.43. The van der Waals surface area contributed by atoms with Crippen molar-refractivity contribution < 1.29 is 13.9 Å². The van der Waals surface area contributed by atoms with E-state index in [0.717, 1.165) is 41.3 Å². The normalized spacial score (nSPS) is 16.3. The van der Waals surface area contributed by atoms with Gasteiger partial charge in [-0.3, -0.25) is 0 Å². The molecule has 6 nitrogen and oxygen atoms in total. The van der Waals surface area contributed by atoms with Gasteiger partial charge in [-0.2, -0.15) is 0 Å². The third kappa shape index (κ3) is 3.50. The molecule has 0 aliphatic carbocycles. The van der Waals surface area contributed by atoms with E-state index in [1.54, 1.807) is 12.1 Å². The van der Waals surface area contributed by atoms with Crippen LogP contribution in [-0.2, 0) is 5.54 Å². The number of carbonyl (C=O) groups excluding carboxylic acids is 1. The van der Waals surface area contributed by atoms with Gasteiger partial charge < -0.3 is 24.8 Å². The number of amides is 2. The lowest BCUT2D eigenvalue weighted by molar-refractivity contribution is 0.174. The highest BCUT2D eigenvalue weighted by molar-refractivity contribution is 5.89. The van der Waals surface area contributed by atoms with Crippen molar-refractivity contribution in [1.82, 2.24) is 9.47 Å². The van der Waals surface area contributed by atoms with Crippen LogP contribution in [0.3, 0.4) is 0 Å². The highest BCUT2D eigenvalue weighted by atomic mass is 19.1. The number of hydrogen-bond donors (Lipinski definition) is 2. The van der Waals surface area contributed by atoms with Gasteiger partial charge in [0.05, 0.1) is 23.5 Å². The lowest BCUT2D eigenvalue weighted by atomic mass is 9.82. The molecule has 2 amide bonds. The van der Waals surface area contributed by atoms with Crippen molar-refractivity contribution in [3.05, 3.63) is 72.3 Å². The van der Waals surface area contributed by atoms with Gasteiger partial charge in [-0.25, -0.2) is 9.18 Å². The molecule has 1 aromatic heterocycles. The standard InChI is InChI=1S/C24H25FN4O2/c1-2-31-19-8-6-18(7-9-19)26-23(30)28-14-11-24(12-15-28)22-4-3-13-29(22)21-10-5-17(25)16-20(21)27-24/h3-10,13,16,27H,2,11-12,14-15H2,1H3,(H,26,30). The van der Waals surface area contributed by atoms with Crippen molar-refractivity contribution in [3.8, 4) is 11.4 Å². The fourth-order valence-electron chi connectivity index (χ4n) is 4.60. The number of ether oxygens (including phenoxy) is 1. The molecule has 0 bridgehead atoms. The van der Waals surface area contributed by atoms with Crippen LogP contribution in [0.5, 0.6) is 5.75 Å². The van der Waals surface area contributed by atoms with E-state index < -0.39 is 0 Å². The van der Waals surface area contributed by atoms with Crippen LogP contribution >= 0.6 is 0 Å². The maximum Gasteiger partial charge on any atom is 0.321 e. The lowest BCUT2D eigenvalue weighted by Crippen LogP contribution is -2.51. The number of likely N-dealkylation sites (tertiary alicyclic amines) is 1. The third-order valence-corrected chi connectivity index (χ3v) is 6.15. The van der Waals surface area contributed by atoms with Crippen molar-refractivity contribution >= 4 is 17.4 Å². The molecule has 1 fully saturated rings. The van der Waals surface area contributed by atoms with Gasteiger partial charge in [0.25, 0.3) is 0 Å². The van der Waals surface area contributed by atoms with Crippen LogP contribution in [0.2, 0.25) is 0 Å². The van der Waals surface area contributed by atoms with Gasteiger partial charge in [0, 0.05) is 30.7 Å². The molecular formula is C24H25FN4O2. The van der Waals surface area contributed by atoms with E-state index in [1.165, 1.54) is 6.07 Å². The van der Waals surface area contributed by atoms with Crippen molar-refractivity contribution in [3.63, 3.8) is 0 Å². The number of hydrogen-bond acceptors (Lipinski definition) is 3. The molecule has 160 valence electrons. The molecule has 1 spiro atoms. The van der Waals surface area contributed by atoms with Crippen LogP contribution in [0.4, 0.5) is 20.6 Å². The molecule has 0 saturated carbocycles. The van der Waals surface area contributed by atoms with E-state index in [4.69, 9.17) is 4.74 Å². The van der Waals surface area contributed by atoms with Gasteiger partial charge in [0.15, 0.2) is 0 Å². The molecule has 0 radical (unpaired) electrons. The quantitative estimate of drug-likeness (QED) is 0.629. The summed E-state index contributed by atoms with van der Waals surface area (Å²) in [4.78, 5) is 14.6. The second-order valence-corrected chi connectivity index (χ2v) is 8.01. The third-order valence-electron chi connectivity index (χ3n) is 6.15. The number of piperidine rings is 1. The molecule has 3 heterocycles. The summed E-state index contributed by atoms with van der Waals surface area (Å²) in [6, 6.07) is 16.2. The summed E-state index contributed by atoms with van der Waals surface area (Å²) in [5, 5.41) is 6.56. The van der Waals surface area contributed by atoms with Crippen LogP contribution in [0.1, 0.15) is 25.5 Å². The molecule has 5 rings (SSSR count). The van der Waals surface area contributed by atoms with Gasteiger partial charge in [-0.05, 0) is 74.4 Å². The number of nitrogens with one attached hydrogen (secondary N) is 2. The number of anilines is 2. The van der Waals surface area contributed by atoms with Gasteiger partial charge in [0.1, 0.15) is 11.6 Å². The summed E-state index contributed by atoms with van der Waals surface area (Å²) in [5.74, 6) is 0.521. The molecule has 2 aliphatic heterocycles. The number of urea groups is 1. The first-order chi connectivity index (χ1) is 15.1. The summed E-state index contributed by atoms with van der Waals surface area (Å²) >= 11 is 0. The Morgan fingerprint density at radius 3 is 2.68 bits per heavy atom. The lowest BCUT2D eigenvalue weighted by Gasteiger charge is -2.46. The monoisotopic (exact) mass is 420 g/mol. The average Bonchev–Trinajstić information content (AvgIpc) is 3.27. The second-order valence-electron chi connectivity index (χ2n) is 8.01. The molecule has 7 heteroatoms. The number of rotatable bonds is 3. The number of halogens is 1. The minimum atomic E-state index is -0.319. The molecule has 2 aliphatic rings. The molecule has 1 saturated heterocycles. The number of aromatic nitrogens is 1. The van der Waals surface area contributed by atoms with E-state index in [-0.39, 0.29) is 17.4 Å². The molecule has 0 unspecified atom stereocenters. The van der Waals surface area contributed by atoms with Gasteiger partial charge in [-0.15, -0.1) is 0 Å². The fraction of sp³-hybridized carbons (Fsp3) is 0.292. The van der Waals surface area contributed by atoms with E-state index in [1.807, 2.05) is 48.4 Å². The van der Waals surface area contributed by atoms with Gasteiger partial charge in [-0.1, -0.05) is 0 Å². The summed E-state index contributed by atoms with van der Waals surface area (Å²) in [7, 11) is 0. The first-order valence-electron chi connectivity index (χ1n) is 10.6. The Morgan fingerprint density at radius 1 is 1.16 bits per heavy atom. The number of carbonyl (C=O) groups is 1. The van der Waals surface area contributed by atoms with E-state index in [2.05, 4.69) is 21.3 Å². The maximum atomic E-state index is 13.9. The van der Waals surface area contributed by atoms with Crippen LogP contribution in [0.15, 0.2) is 60.8 Å². The van der Waals surface area contributed by atoms with Crippen molar-refractivity contribution in [1.29, 1.82) is 0 Å². The van der Waals surface area contributed by atoms with Crippen molar-refractivity contribution in [2.45, 2.75) is 25.3 Å². The first-order valence-corrected chi connectivity index (χ1v) is 10.6. The summed E-state index contributed by atoms with van der Waals surface area (Å²) in [5.41, 5.74) is 3.31. The largest absolute Gasteiger partial charge is 0.494 e. The van der Waals surface area contributed by atoms with E-state index in [9.17, 15) is 9.18 Å². The Labute approximate surface area is 180 Å². The summed E-state index contributed by atoms with van der Waals surface area (Å²) in [6.45, 7) is 3.75. The number of benzene rings is 2. The number of nitrogens with zero attached hydrogens (tertiary/aromatic N) is 2. The van der Waals surface area contributed by atoms with Crippen LogP contribution in [-0.4, -0.2) is 35.2 Å². The molecule has 2 N–H and O–H groups in total. The number of fused-ring (bicyclic) bond motifs is 4. The van der Waals surface area contributed by atoms with E-state index in [0.29, 0.717) is 19.7 Å². The molecule has 2 aromatic carbocycles. The molecular weight excluding hydrogens is 395 g/mol. The molecule has 3 aromatic rings. The topological polar surface area (TPSA) is 58.5 Å². The second kappa shape index (κ2) is 7.65.